The van der Waals surface area contributed by atoms with Crippen LogP contribution in [0.4, 0.5) is 0 Å². The van der Waals surface area contributed by atoms with Gasteiger partial charge in [-0.3, -0.25) is 14.6 Å². The number of aromatic nitrogens is 1. The van der Waals surface area contributed by atoms with E-state index in [-0.39, 0.29) is 17.9 Å². The van der Waals surface area contributed by atoms with Crippen molar-refractivity contribution in [1.29, 1.82) is 0 Å². The van der Waals surface area contributed by atoms with Gasteiger partial charge in [0.15, 0.2) is 11.5 Å². The van der Waals surface area contributed by atoms with Crippen LogP contribution in [0.15, 0.2) is 76.9 Å². The van der Waals surface area contributed by atoms with Crippen molar-refractivity contribution in [3.63, 3.8) is 0 Å². The number of benzene rings is 1. The molecule has 0 bridgehead atoms. The Bertz CT molecular complexity index is 1100. The molecule has 0 aliphatic carbocycles. The zero-order valence-corrected chi connectivity index (χ0v) is 16.1. The number of aryl methyl sites for hydroxylation is 2. The zero-order chi connectivity index (χ0) is 20.5. The maximum Gasteiger partial charge on any atom is 0.290 e. The molecule has 1 aliphatic heterocycles. The summed E-state index contributed by atoms with van der Waals surface area (Å²) in [5.74, 6) is -1.56. The lowest BCUT2D eigenvalue weighted by atomic mass is 9.95. The van der Waals surface area contributed by atoms with E-state index in [1.807, 2.05) is 32.0 Å². The zero-order valence-electron chi connectivity index (χ0n) is 16.1. The SMILES string of the molecule is Cc1ccc(C)c(CN2C(=O)C(O)=C(C(=O)c3ccco3)C2c2ccncc2)c1. The Morgan fingerprint density at radius 2 is 1.93 bits per heavy atom. The van der Waals surface area contributed by atoms with Crippen LogP contribution in [-0.4, -0.2) is 26.7 Å². The van der Waals surface area contributed by atoms with E-state index < -0.39 is 23.5 Å². The lowest BCUT2D eigenvalue weighted by Gasteiger charge is -2.27. The summed E-state index contributed by atoms with van der Waals surface area (Å²) in [5, 5.41) is 10.6. The molecule has 6 nitrogen and oxygen atoms in total. The maximum atomic E-state index is 13.1. The standard InChI is InChI=1S/C23H20N2O4/c1-14-5-6-15(2)17(12-14)13-25-20(16-7-9-24-10-8-16)19(22(27)23(25)28)21(26)18-4-3-11-29-18/h3-12,20,27H,13H2,1-2H3. The fraction of sp³-hybridized carbons (Fsp3) is 0.174. The van der Waals surface area contributed by atoms with Crippen LogP contribution in [0.5, 0.6) is 0 Å². The molecule has 1 N–H and O–H groups in total. The van der Waals surface area contributed by atoms with Crippen molar-refractivity contribution in [2.45, 2.75) is 26.4 Å². The summed E-state index contributed by atoms with van der Waals surface area (Å²) in [4.78, 5) is 31.6. The highest BCUT2D eigenvalue weighted by Gasteiger charge is 2.44. The number of Topliss-reactive ketones (excluding diaryl/α,β-unsaturated/α-hetero) is 1. The van der Waals surface area contributed by atoms with Gasteiger partial charge in [-0.2, -0.15) is 0 Å². The monoisotopic (exact) mass is 388 g/mol. The van der Waals surface area contributed by atoms with Gasteiger partial charge < -0.3 is 14.4 Å². The number of rotatable bonds is 5. The van der Waals surface area contributed by atoms with Gasteiger partial charge in [-0.1, -0.05) is 23.8 Å². The molecule has 146 valence electrons. The molecule has 6 heteroatoms. The van der Waals surface area contributed by atoms with Gasteiger partial charge in [-0.15, -0.1) is 0 Å². The molecule has 0 spiro atoms. The minimum absolute atomic E-state index is 0.0152. The van der Waals surface area contributed by atoms with E-state index in [1.165, 1.54) is 17.2 Å². The topological polar surface area (TPSA) is 83.6 Å². The van der Waals surface area contributed by atoms with Gasteiger partial charge in [0.05, 0.1) is 17.9 Å². The number of carbonyl (C=O) groups is 2. The molecular formula is C23H20N2O4. The average molecular weight is 388 g/mol. The highest BCUT2D eigenvalue weighted by atomic mass is 16.3. The molecular weight excluding hydrogens is 368 g/mol. The predicted molar refractivity (Wildman–Crippen MR) is 106 cm³/mol. The molecule has 0 radical (unpaired) electrons. The van der Waals surface area contributed by atoms with Gasteiger partial charge in [-0.05, 0) is 54.8 Å². The molecule has 3 aromatic rings. The minimum atomic E-state index is -0.733. The Hall–Kier alpha value is -3.67. The first kappa shape index (κ1) is 18.7. The van der Waals surface area contributed by atoms with Crippen LogP contribution in [0.1, 0.15) is 38.9 Å². The van der Waals surface area contributed by atoms with Gasteiger partial charge >= 0.3 is 0 Å². The summed E-state index contributed by atoms with van der Waals surface area (Å²) in [6.07, 6.45) is 4.58. The normalized spacial score (nSPS) is 16.6. The number of ketones is 1. The Balaban J connectivity index is 1.80. The molecule has 1 aliphatic rings. The van der Waals surface area contributed by atoms with E-state index in [4.69, 9.17) is 4.42 Å². The Morgan fingerprint density at radius 3 is 2.62 bits per heavy atom. The number of hydrogen-bond acceptors (Lipinski definition) is 5. The van der Waals surface area contributed by atoms with Crippen LogP contribution in [-0.2, 0) is 11.3 Å². The second-order valence-corrected chi connectivity index (χ2v) is 7.11. The summed E-state index contributed by atoms with van der Waals surface area (Å²) >= 11 is 0. The van der Waals surface area contributed by atoms with E-state index in [9.17, 15) is 14.7 Å². The molecule has 0 saturated heterocycles. The first-order chi connectivity index (χ1) is 14.0. The fourth-order valence-corrected chi connectivity index (χ4v) is 3.64. The van der Waals surface area contributed by atoms with E-state index in [1.54, 1.807) is 30.6 Å². The number of carbonyl (C=O) groups excluding carboxylic acids is 2. The Morgan fingerprint density at radius 1 is 1.17 bits per heavy atom. The molecule has 1 atom stereocenters. The molecule has 4 rings (SSSR count). The van der Waals surface area contributed by atoms with Crippen molar-refractivity contribution in [3.8, 4) is 0 Å². The molecule has 0 saturated carbocycles. The van der Waals surface area contributed by atoms with Gasteiger partial charge in [0.25, 0.3) is 5.91 Å². The highest BCUT2D eigenvalue weighted by molar-refractivity contribution is 6.14. The van der Waals surface area contributed by atoms with Crippen LogP contribution in [0.2, 0.25) is 0 Å². The fourth-order valence-electron chi connectivity index (χ4n) is 3.64. The number of hydrogen-bond donors (Lipinski definition) is 1. The van der Waals surface area contributed by atoms with Gasteiger partial charge in [0, 0.05) is 18.9 Å². The first-order valence-corrected chi connectivity index (χ1v) is 9.25. The maximum absolute atomic E-state index is 13.1. The first-order valence-electron chi connectivity index (χ1n) is 9.25. The Kier molecular flexibility index (Phi) is 4.76. The van der Waals surface area contributed by atoms with E-state index >= 15 is 0 Å². The van der Waals surface area contributed by atoms with Gasteiger partial charge in [-0.25, -0.2) is 0 Å². The third kappa shape index (κ3) is 3.33. The van der Waals surface area contributed by atoms with Crippen LogP contribution < -0.4 is 0 Å². The number of amides is 1. The number of pyridine rings is 1. The van der Waals surface area contributed by atoms with Crippen molar-refractivity contribution >= 4 is 11.7 Å². The van der Waals surface area contributed by atoms with Crippen molar-refractivity contribution < 1.29 is 19.1 Å². The van der Waals surface area contributed by atoms with Gasteiger partial charge in [0.2, 0.25) is 5.78 Å². The van der Waals surface area contributed by atoms with Crippen molar-refractivity contribution in [2.75, 3.05) is 0 Å². The molecule has 1 amide bonds. The quantitative estimate of drug-likeness (QED) is 0.666. The summed E-state index contributed by atoms with van der Waals surface area (Å²) in [6.45, 7) is 4.22. The smallest absolute Gasteiger partial charge is 0.290 e. The molecule has 1 unspecified atom stereocenters. The summed E-state index contributed by atoms with van der Waals surface area (Å²) in [5.41, 5.74) is 3.76. The van der Waals surface area contributed by atoms with E-state index in [0.717, 1.165) is 16.7 Å². The summed E-state index contributed by atoms with van der Waals surface area (Å²) in [7, 11) is 0. The van der Waals surface area contributed by atoms with Crippen molar-refractivity contribution in [2.24, 2.45) is 0 Å². The van der Waals surface area contributed by atoms with Crippen LogP contribution in [0, 0.1) is 13.8 Å². The van der Waals surface area contributed by atoms with Crippen LogP contribution in [0.25, 0.3) is 0 Å². The highest BCUT2D eigenvalue weighted by Crippen LogP contribution is 2.40. The third-order valence-corrected chi connectivity index (χ3v) is 5.16. The Labute approximate surface area is 168 Å². The molecule has 1 aromatic carbocycles. The van der Waals surface area contributed by atoms with Crippen molar-refractivity contribution in [1.82, 2.24) is 9.88 Å². The number of furan rings is 1. The summed E-state index contributed by atoms with van der Waals surface area (Å²) in [6, 6.07) is 11.9. The predicted octanol–water partition coefficient (Wildman–Crippen LogP) is 4.07. The van der Waals surface area contributed by atoms with E-state index in [2.05, 4.69) is 4.98 Å². The number of aliphatic hydroxyl groups excluding tert-OH is 1. The van der Waals surface area contributed by atoms with Crippen LogP contribution >= 0.6 is 0 Å². The summed E-state index contributed by atoms with van der Waals surface area (Å²) < 4.78 is 5.23. The molecule has 2 aromatic heterocycles. The van der Waals surface area contributed by atoms with Gasteiger partial charge in [0.1, 0.15) is 0 Å². The number of nitrogens with zero attached hydrogens (tertiary/aromatic N) is 2. The second-order valence-electron chi connectivity index (χ2n) is 7.11. The van der Waals surface area contributed by atoms with Crippen LogP contribution in [0.3, 0.4) is 0 Å². The lowest BCUT2D eigenvalue weighted by molar-refractivity contribution is -0.130. The average Bonchev–Trinajstić information content (AvgIpc) is 3.34. The third-order valence-electron chi connectivity index (χ3n) is 5.16. The molecule has 29 heavy (non-hydrogen) atoms. The minimum Gasteiger partial charge on any atom is -0.503 e. The lowest BCUT2D eigenvalue weighted by Crippen LogP contribution is -2.31. The molecule has 0 fully saturated rings. The number of aliphatic hydroxyl groups is 1. The van der Waals surface area contributed by atoms with Crippen molar-refractivity contribution in [3.05, 3.63) is 100 Å². The van der Waals surface area contributed by atoms with E-state index in [0.29, 0.717) is 5.56 Å². The largest absolute Gasteiger partial charge is 0.503 e. The molecule has 3 heterocycles. The second kappa shape index (κ2) is 7.39.